The Morgan fingerprint density at radius 2 is 2.00 bits per heavy atom. The zero-order chi connectivity index (χ0) is 11.5. The van der Waals surface area contributed by atoms with Gasteiger partial charge in [0.25, 0.3) is 0 Å². The first-order valence-electron chi connectivity index (χ1n) is 5.50. The Hall–Kier alpha value is -2.36. The molecule has 0 fully saturated rings. The van der Waals surface area contributed by atoms with Crippen molar-refractivity contribution in [2.45, 2.75) is 6.54 Å². The van der Waals surface area contributed by atoms with Gasteiger partial charge in [-0.25, -0.2) is 9.97 Å². The van der Waals surface area contributed by atoms with E-state index in [1.807, 2.05) is 30.5 Å². The zero-order valence-corrected chi connectivity index (χ0v) is 9.22. The summed E-state index contributed by atoms with van der Waals surface area (Å²) in [7, 11) is 0. The Kier molecular flexibility index (Phi) is 2.46. The standard InChI is InChI=1S/C13H12N4/c1-2-4-10(5-3-1)8-15-13-16-9-12-11(17-13)6-7-14-12/h1-7,9,14H,8H2,(H,15,16,17). The van der Waals surface area contributed by atoms with E-state index in [1.54, 1.807) is 6.20 Å². The molecule has 0 unspecified atom stereocenters. The minimum Gasteiger partial charge on any atom is -0.359 e. The molecule has 3 rings (SSSR count). The van der Waals surface area contributed by atoms with Crippen LogP contribution in [0.1, 0.15) is 5.56 Å². The third-order valence-electron chi connectivity index (χ3n) is 2.59. The van der Waals surface area contributed by atoms with Gasteiger partial charge in [-0.2, -0.15) is 0 Å². The average molecular weight is 224 g/mol. The molecule has 0 aliphatic rings. The van der Waals surface area contributed by atoms with Gasteiger partial charge in [-0.1, -0.05) is 30.3 Å². The summed E-state index contributed by atoms with van der Waals surface area (Å²) < 4.78 is 0. The van der Waals surface area contributed by atoms with Crippen molar-refractivity contribution in [3.8, 4) is 0 Å². The first kappa shape index (κ1) is 9.84. The fraction of sp³-hybridized carbons (Fsp3) is 0.0769. The van der Waals surface area contributed by atoms with Crippen LogP contribution in [0.25, 0.3) is 11.0 Å². The highest BCUT2D eigenvalue weighted by atomic mass is 15.1. The molecular weight excluding hydrogens is 212 g/mol. The number of nitrogens with one attached hydrogen (secondary N) is 2. The molecule has 4 heteroatoms. The van der Waals surface area contributed by atoms with Crippen molar-refractivity contribution in [1.29, 1.82) is 0 Å². The lowest BCUT2D eigenvalue weighted by atomic mass is 10.2. The van der Waals surface area contributed by atoms with Crippen LogP contribution in [-0.4, -0.2) is 15.0 Å². The van der Waals surface area contributed by atoms with Gasteiger partial charge < -0.3 is 10.3 Å². The van der Waals surface area contributed by atoms with Gasteiger partial charge in [0.05, 0.1) is 17.2 Å². The molecule has 3 aromatic rings. The number of aromatic nitrogens is 3. The average Bonchev–Trinajstić information content (AvgIpc) is 2.85. The first-order valence-corrected chi connectivity index (χ1v) is 5.50. The van der Waals surface area contributed by atoms with E-state index in [2.05, 4.69) is 32.4 Å². The molecule has 2 heterocycles. The summed E-state index contributed by atoms with van der Waals surface area (Å²) >= 11 is 0. The van der Waals surface area contributed by atoms with Gasteiger partial charge in [0.15, 0.2) is 0 Å². The molecule has 0 spiro atoms. The van der Waals surface area contributed by atoms with Crippen molar-refractivity contribution >= 4 is 17.0 Å². The van der Waals surface area contributed by atoms with Crippen molar-refractivity contribution in [2.75, 3.05) is 5.32 Å². The van der Waals surface area contributed by atoms with Crippen LogP contribution < -0.4 is 5.32 Å². The molecule has 0 amide bonds. The third kappa shape index (κ3) is 2.10. The highest BCUT2D eigenvalue weighted by Crippen LogP contribution is 2.10. The van der Waals surface area contributed by atoms with Crippen molar-refractivity contribution in [1.82, 2.24) is 15.0 Å². The number of anilines is 1. The minimum absolute atomic E-state index is 0.654. The predicted molar refractivity (Wildman–Crippen MR) is 67.7 cm³/mol. The van der Waals surface area contributed by atoms with E-state index in [0.29, 0.717) is 5.95 Å². The van der Waals surface area contributed by atoms with E-state index in [9.17, 15) is 0 Å². The quantitative estimate of drug-likeness (QED) is 0.719. The summed E-state index contributed by atoms with van der Waals surface area (Å²) in [5, 5.41) is 3.21. The van der Waals surface area contributed by atoms with E-state index in [-0.39, 0.29) is 0 Å². The SMILES string of the molecule is c1ccc(CNc2ncc3[nH]ccc3n2)cc1. The maximum Gasteiger partial charge on any atom is 0.223 e. The number of hydrogen-bond acceptors (Lipinski definition) is 3. The van der Waals surface area contributed by atoms with E-state index < -0.39 is 0 Å². The Morgan fingerprint density at radius 3 is 2.88 bits per heavy atom. The molecule has 0 bridgehead atoms. The fourth-order valence-electron chi connectivity index (χ4n) is 1.71. The fourth-order valence-corrected chi connectivity index (χ4v) is 1.71. The highest BCUT2D eigenvalue weighted by molar-refractivity contribution is 5.74. The topological polar surface area (TPSA) is 53.6 Å². The molecule has 0 saturated heterocycles. The molecule has 0 atom stereocenters. The first-order chi connectivity index (χ1) is 8.42. The molecule has 2 aromatic heterocycles. The molecular formula is C13H12N4. The summed E-state index contributed by atoms with van der Waals surface area (Å²) in [4.78, 5) is 11.7. The van der Waals surface area contributed by atoms with Crippen LogP contribution in [0.15, 0.2) is 48.8 Å². The number of fused-ring (bicyclic) bond motifs is 1. The van der Waals surface area contributed by atoms with Crippen molar-refractivity contribution in [3.05, 3.63) is 54.4 Å². The van der Waals surface area contributed by atoms with E-state index in [1.165, 1.54) is 5.56 Å². The van der Waals surface area contributed by atoms with Crippen molar-refractivity contribution in [3.63, 3.8) is 0 Å². The van der Waals surface area contributed by atoms with E-state index >= 15 is 0 Å². The molecule has 84 valence electrons. The van der Waals surface area contributed by atoms with Gasteiger partial charge in [-0.3, -0.25) is 0 Å². The Labute approximate surface area is 98.7 Å². The molecule has 0 aliphatic heterocycles. The lowest BCUT2D eigenvalue weighted by Crippen LogP contribution is -2.02. The van der Waals surface area contributed by atoms with Crippen LogP contribution in [0.3, 0.4) is 0 Å². The number of hydrogen-bond donors (Lipinski definition) is 2. The number of benzene rings is 1. The zero-order valence-electron chi connectivity index (χ0n) is 9.22. The van der Waals surface area contributed by atoms with Gasteiger partial charge in [0, 0.05) is 12.7 Å². The van der Waals surface area contributed by atoms with Crippen LogP contribution in [0.2, 0.25) is 0 Å². The van der Waals surface area contributed by atoms with Gasteiger partial charge in [-0.05, 0) is 11.6 Å². The number of nitrogens with zero attached hydrogens (tertiary/aromatic N) is 2. The van der Waals surface area contributed by atoms with Crippen LogP contribution >= 0.6 is 0 Å². The monoisotopic (exact) mass is 224 g/mol. The maximum atomic E-state index is 4.40. The highest BCUT2D eigenvalue weighted by Gasteiger charge is 1.99. The molecule has 0 aliphatic carbocycles. The summed E-state index contributed by atoms with van der Waals surface area (Å²) in [5.41, 5.74) is 3.09. The van der Waals surface area contributed by atoms with Crippen LogP contribution in [0, 0.1) is 0 Å². The van der Waals surface area contributed by atoms with Crippen LogP contribution in [0.5, 0.6) is 0 Å². The normalized spacial score (nSPS) is 10.6. The third-order valence-corrected chi connectivity index (χ3v) is 2.59. The summed E-state index contributed by atoms with van der Waals surface area (Å²) in [6.45, 7) is 0.733. The van der Waals surface area contributed by atoms with Crippen molar-refractivity contribution < 1.29 is 0 Å². The van der Waals surface area contributed by atoms with Crippen LogP contribution in [-0.2, 0) is 6.54 Å². The van der Waals surface area contributed by atoms with Crippen molar-refractivity contribution in [2.24, 2.45) is 0 Å². The maximum absolute atomic E-state index is 4.40. The Morgan fingerprint density at radius 1 is 1.12 bits per heavy atom. The molecule has 0 saturated carbocycles. The summed E-state index contributed by atoms with van der Waals surface area (Å²) in [6, 6.07) is 12.1. The summed E-state index contributed by atoms with van der Waals surface area (Å²) in [6.07, 6.45) is 3.65. The van der Waals surface area contributed by atoms with Gasteiger partial charge in [-0.15, -0.1) is 0 Å². The number of rotatable bonds is 3. The van der Waals surface area contributed by atoms with Gasteiger partial charge >= 0.3 is 0 Å². The second kappa shape index (κ2) is 4.25. The summed E-state index contributed by atoms with van der Waals surface area (Å²) in [5.74, 6) is 0.654. The van der Waals surface area contributed by atoms with E-state index in [0.717, 1.165) is 17.6 Å². The number of aromatic amines is 1. The lowest BCUT2D eigenvalue weighted by Gasteiger charge is -2.04. The van der Waals surface area contributed by atoms with Gasteiger partial charge in [0.2, 0.25) is 5.95 Å². The molecule has 1 aromatic carbocycles. The second-order valence-electron chi connectivity index (χ2n) is 3.81. The molecule has 0 radical (unpaired) electrons. The molecule has 17 heavy (non-hydrogen) atoms. The molecule has 2 N–H and O–H groups in total. The largest absolute Gasteiger partial charge is 0.359 e. The number of H-pyrrole nitrogens is 1. The lowest BCUT2D eigenvalue weighted by molar-refractivity contribution is 1.07. The second-order valence-corrected chi connectivity index (χ2v) is 3.81. The van der Waals surface area contributed by atoms with Crippen LogP contribution in [0.4, 0.5) is 5.95 Å². The predicted octanol–water partition coefficient (Wildman–Crippen LogP) is 2.57. The smallest absolute Gasteiger partial charge is 0.223 e. The molecule has 4 nitrogen and oxygen atoms in total. The Balaban J connectivity index is 1.76. The van der Waals surface area contributed by atoms with Gasteiger partial charge in [0.1, 0.15) is 0 Å². The minimum atomic E-state index is 0.654. The van der Waals surface area contributed by atoms with E-state index in [4.69, 9.17) is 0 Å². The Bertz CT molecular complexity index is 615.